The van der Waals surface area contributed by atoms with E-state index in [0.717, 1.165) is 19.4 Å². The number of anilines is 1. The highest BCUT2D eigenvalue weighted by Gasteiger charge is 2.29. The molecule has 6 nitrogen and oxygen atoms in total. The van der Waals surface area contributed by atoms with Gasteiger partial charge in [0, 0.05) is 17.7 Å². The summed E-state index contributed by atoms with van der Waals surface area (Å²) in [4.78, 5) is 27.0. The van der Waals surface area contributed by atoms with Crippen LogP contribution >= 0.6 is 0 Å². The molecule has 0 radical (unpaired) electrons. The first-order chi connectivity index (χ1) is 13.5. The number of hydrogen-bond donors (Lipinski definition) is 1. The van der Waals surface area contributed by atoms with Crippen molar-refractivity contribution in [3.05, 3.63) is 53.1 Å². The third kappa shape index (κ3) is 3.60. The number of likely N-dealkylation sites (tertiary alicyclic amines) is 1. The minimum absolute atomic E-state index is 0.121. The summed E-state index contributed by atoms with van der Waals surface area (Å²) in [5.74, 6) is 0.802. The Balaban J connectivity index is 1.50. The first-order valence-electron chi connectivity index (χ1n) is 9.57. The van der Waals surface area contributed by atoms with Crippen LogP contribution in [0.4, 0.5) is 5.69 Å². The third-order valence-electron chi connectivity index (χ3n) is 5.42. The second kappa shape index (κ2) is 7.64. The van der Waals surface area contributed by atoms with E-state index < -0.39 is 0 Å². The lowest BCUT2D eigenvalue weighted by Crippen LogP contribution is -2.33. The topological polar surface area (TPSA) is 67.9 Å². The summed E-state index contributed by atoms with van der Waals surface area (Å²) >= 11 is 0. The first kappa shape index (κ1) is 18.5. The number of carbonyl (C=O) groups excluding carboxylic acids is 2. The fourth-order valence-electron chi connectivity index (χ4n) is 4.04. The molecule has 28 heavy (non-hydrogen) atoms. The summed E-state index contributed by atoms with van der Waals surface area (Å²) in [6.45, 7) is 4.87. The maximum Gasteiger partial charge on any atom is 0.238 e. The first-order valence-corrected chi connectivity index (χ1v) is 9.57. The fourth-order valence-corrected chi connectivity index (χ4v) is 4.04. The molecule has 0 spiro atoms. The van der Waals surface area contributed by atoms with Crippen LogP contribution in [0, 0.1) is 6.92 Å². The zero-order chi connectivity index (χ0) is 19.7. The molecular weight excluding hydrogens is 356 g/mol. The van der Waals surface area contributed by atoms with Crippen molar-refractivity contribution >= 4 is 17.4 Å². The number of nitrogens with one attached hydrogen (secondary N) is 1. The maximum atomic E-state index is 12.8. The minimum atomic E-state index is -0.137. The Kier molecular flexibility index (Phi) is 5.05. The second-order valence-electron chi connectivity index (χ2n) is 7.34. The van der Waals surface area contributed by atoms with E-state index in [0.29, 0.717) is 22.7 Å². The van der Waals surface area contributed by atoms with Gasteiger partial charge >= 0.3 is 0 Å². The van der Waals surface area contributed by atoms with Crippen molar-refractivity contribution in [3.63, 3.8) is 0 Å². The molecule has 1 saturated heterocycles. The second-order valence-corrected chi connectivity index (χ2v) is 7.34. The van der Waals surface area contributed by atoms with Crippen molar-refractivity contribution in [2.75, 3.05) is 25.2 Å². The molecule has 2 aliphatic rings. The highest BCUT2D eigenvalue weighted by Crippen LogP contribution is 2.37. The molecule has 1 fully saturated rings. The average Bonchev–Trinajstić information content (AvgIpc) is 3.30. The predicted octanol–water partition coefficient (Wildman–Crippen LogP) is 3.70. The van der Waals surface area contributed by atoms with Gasteiger partial charge in [0.05, 0.1) is 12.2 Å². The summed E-state index contributed by atoms with van der Waals surface area (Å²) in [6, 6.07) is 11.9. The number of fused-ring (bicyclic) bond motifs is 1. The van der Waals surface area contributed by atoms with Crippen LogP contribution < -0.4 is 14.8 Å². The van der Waals surface area contributed by atoms with Gasteiger partial charge in [-0.3, -0.25) is 14.5 Å². The molecule has 2 aliphatic heterocycles. The smallest absolute Gasteiger partial charge is 0.238 e. The van der Waals surface area contributed by atoms with E-state index in [1.807, 2.05) is 12.1 Å². The molecule has 2 aromatic rings. The number of ketones is 1. The van der Waals surface area contributed by atoms with Gasteiger partial charge in [-0.15, -0.1) is 0 Å². The lowest BCUT2D eigenvalue weighted by Gasteiger charge is -2.25. The highest BCUT2D eigenvalue weighted by molar-refractivity contribution is 6.05. The number of nitrogens with zero attached hydrogens (tertiary/aromatic N) is 1. The van der Waals surface area contributed by atoms with E-state index in [9.17, 15) is 9.59 Å². The Bertz CT molecular complexity index is 925. The summed E-state index contributed by atoms with van der Waals surface area (Å²) in [5.41, 5.74) is 3.41. The number of rotatable bonds is 5. The van der Waals surface area contributed by atoms with Crippen LogP contribution in [0.15, 0.2) is 36.4 Å². The van der Waals surface area contributed by atoms with Crippen molar-refractivity contribution in [2.24, 2.45) is 0 Å². The molecule has 1 unspecified atom stereocenters. The van der Waals surface area contributed by atoms with Gasteiger partial charge in [0.2, 0.25) is 12.7 Å². The van der Waals surface area contributed by atoms with Crippen LogP contribution in [0.3, 0.4) is 0 Å². The van der Waals surface area contributed by atoms with Gasteiger partial charge in [0.25, 0.3) is 0 Å². The number of aryl methyl sites for hydroxylation is 1. The van der Waals surface area contributed by atoms with Crippen molar-refractivity contribution in [3.8, 4) is 11.5 Å². The van der Waals surface area contributed by atoms with Gasteiger partial charge in [0.15, 0.2) is 17.3 Å². The summed E-state index contributed by atoms with van der Waals surface area (Å²) in [6.07, 6.45) is 2.11. The zero-order valence-electron chi connectivity index (χ0n) is 16.2. The van der Waals surface area contributed by atoms with Crippen molar-refractivity contribution in [1.82, 2.24) is 4.90 Å². The van der Waals surface area contributed by atoms with Crippen LogP contribution in [-0.4, -0.2) is 36.5 Å². The van der Waals surface area contributed by atoms with E-state index in [1.165, 1.54) is 18.1 Å². The van der Waals surface area contributed by atoms with Gasteiger partial charge in [0.1, 0.15) is 0 Å². The number of benzene rings is 2. The van der Waals surface area contributed by atoms with Crippen LogP contribution in [0.2, 0.25) is 0 Å². The molecule has 0 aromatic heterocycles. The molecule has 1 N–H and O–H groups in total. The summed E-state index contributed by atoms with van der Waals surface area (Å²) in [7, 11) is 0. The molecule has 0 bridgehead atoms. The van der Waals surface area contributed by atoms with E-state index in [2.05, 4.69) is 29.3 Å². The monoisotopic (exact) mass is 380 g/mol. The Morgan fingerprint density at radius 2 is 1.93 bits per heavy atom. The normalized spacial score (nSPS) is 18.3. The summed E-state index contributed by atoms with van der Waals surface area (Å²) in [5, 5.41) is 2.90. The third-order valence-corrected chi connectivity index (χ3v) is 5.42. The van der Waals surface area contributed by atoms with Gasteiger partial charge in [-0.25, -0.2) is 0 Å². The Hall–Kier alpha value is -2.86. The molecule has 2 aromatic carbocycles. The van der Waals surface area contributed by atoms with Crippen LogP contribution in [-0.2, 0) is 4.79 Å². The SMILES string of the molecule is CC(=O)c1cc2c(cc1NC(=O)CN1CCCC1c1ccccc1C)OCO2. The molecule has 2 heterocycles. The Morgan fingerprint density at radius 1 is 1.18 bits per heavy atom. The Labute approximate surface area is 164 Å². The minimum Gasteiger partial charge on any atom is -0.454 e. The largest absolute Gasteiger partial charge is 0.454 e. The van der Waals surface area contributed by atoms with Crippen LogP contribution in [0.1, 0.15) is 47.3 Å². The van der Waals surface area contributed by atoms with Crippen molar-refractivity contribution in [2.45, 2.75) is 32.7 Å². The molecular formula is C22H24N2O4. The molecule has 4 rings (SSSR count). The van der Waals surface area contributed by atoms with Crippen LogP contribution in [0.25, 0.3) is 0 Å². The van der Waals surface area contributed by atoms with Gasteiger partial charge in [-0.2, -0.15) is 0 Å². The quantitative estimate of drug-likeness (QED) is 0.801. The lowest BCUT2D eigenvalue weighted by atomic mass is 9.99. The van der Waals surface area contributed by atoms with Gasteiger partial charge < -0.3 is 14.8 Å². The molecule has 1 atom stereocenters. The van der Waals surface area contributed by atoms with Crippen molar-refractivity contribution in [1.29, 1.82) is 0 Å². The van der Waals surface area contributed by atoms with E-state index in [1.54, 1.807) is 12.1 Å². The number of Topliss-reactive ketones (excluding diaryl/α,β-unsaturated/α-hetero) is 1. The average molecular weight is 380 g/mol. The Morgan fingerprint density at radius 3 is 2.68 bits per heavy atom. The number of ether oxygens (including phenoxy) is 2. The highest BCUT2D eigenvalue weighted by atomic mass is 16.7. The molecule has 0 aliphatic carbocycles. The lowest BCUT2D eigenvalue weighted by molar-refractivity contribution is -0.117. The van der Waals surface area contributed by atoms with Crippen LogP contribution in [0.5, 0.6) is 11.5 Å². The standard InChI is InChI=1S/C22H24N2O4/c1-14-6-3-4-7-16(14)19-8-5-9-24(19)12-22(26)23-18-11-21-20(27-13-28-21)10-17(18)15(2)25/h3-4,6-7,10-11,19H,5,8-9,12-13H2,1-2H3,(H,23,26). The zero-order valence-corrected chi connectivity index (χ0v) is 16.2. The number of hydrogen-bond acceptors (Lipinski definition) is 5. The number of carbonyl (C=O) groups is 2. The predicted molar refractivity (Wildman–Crippen MR) is 106 cm³/mol. The maximum absolute atomic E-state index is 12.8. The molecule has 146 valence electrons. The summed E-state index contributed by atoms with van der Waals surface area (Å²) < 4.78 is 10.7. The van der Waals surface area contributed by atoms with Gasteiger partial charge in [-0.05, 0) is 50.4 Å². The van der Waals surface area contributed by atoms with E-state index in [4.69, 9.17) is 9.47 Å². The fraction of sp³-hybridized carbons (Fsp3) is 0.364. The van der Waals surface area contributed by atoms with Crippen molar-refractivity contribution < 1.29 is 19.1 Å². The van der Waals surface area contributed by atoms with E-state index in [-0.39, 0.29) is 31.1 Å². The molecule has 0 saturated carbocycles. The van der Waals surface area contributed by atoms with Gasteiger partial charge in [-0.1, -0.05) is 24.3 Å². The number of amides is 1. The van der Waals surface area contributed by atoms with E-state index >= 15 is 0 Å². The molecule has 6 heteroatoms. The molecule has 1 amide bonds.